The van der Waals surface area contributed by atoms with Gasteiger partial charge in [0.15, 0.2) is 0 Å². The SMILES string of the molecule is Cc1cc(CNC(C)(C)C)ccc1-c1cc(C(=O)NCC(C)(C)O)c(C)n1CC1CCCCC1. The summed E-state index contributed by atoms with van der Waals surface area (Å²) in [5.41, 5.74) is 5.62. The summed E-state index contributed by atoms with van der Waals surface area (Å²) in [6.45, 7) is 16.2. The van der Waals surface area contributed by atoms with Crippen LogP contribution in [-0.2, 0) is 13.1 Å². The van der Waals surface area contributed by atoms with Crippen LogP contribution >= 0.6 is 0 Å². The van der Waals surface area contributed by atoms with Crippen molar-refractivity contribution in [3.8, 4) is 11.3 Å². The predicted octanol–water partition coefficient (Wildman–Crippen LogP) is 5.74. The van der Waals surface area contributed by atoms with E-state index in [1.807, 2.05) is 6.07 Å². The lowest BCUT2D eigenvalue weighted by atomic mass is 9.89. The lowest BCUT2D eigenvalue weighted by Crippen LogP contribution is -2.38. The fraction of sp³-hybridized carbons (Fsp3) is 0.621. The Morgan fingerprint density at radius 3 is 2.32 bits per heavy atom. The molecular formula is C29H45N3O2. The van der Waals surface area contributed by atoms with Crippen LogP contribution < -0.4 is 10.6 Å². The van der Waals surface area contributed by atoms with Gasteiger partial charge in [-0.1, -0.05) is 37.5 Å². The maximum Gasteiger partial charge on any atom is 0.253 e. The summed E-state index contributed by atoms with van der Waals surface area (Å²) >= 11 is 0. The molecule has 5 nitrogen and oxygen atoms in total. The molecule has 0 bridgehead atoms. The van der Waals surface area contributed by atoms with Crippen molar-refractivity contribution in [3.05, 3.63) is 46.6 Å². The molecular weight excluding hydrogens is 422 g/mol. The fourth-order valence-corrected chi connectivity index (χ4v) is 4.84. The Kier molecular flexibility index (Phi) is 8.30. The van der Waals surface area contributed by atoms with Gasteiger partial charge in [0.1, 0.15) is 0 Å². The van der Waals surface area contributed by atoms with Crippen LogP contribution in [0.4, 0.5) is 0 Å². The second-order valence-corrected chi connectivity index (χ2v) is 11.9. The Bertz CT molecular complexity index is 986. The van der Waals surface area contributed by atoms with E-state index in [0.29, 0.717) is 11.5 Å². The molecule has 1 fully saturated rings. The highest BCUT2D eigenvalue weighted by molar-refractivity contribution is 5.97. The Hall–Kier alpha value is -2.11. The zero-order chi connectivity index (χ0) is 25.1. The van der Waals surface area contributed by atoms with Gasteiger partial charge in [-0.2, -0.15) is 0 Å². The molecule has 3 N–H and O–H groups in total. The van der Waals surface area contributed by atoms with Crippen molar-refractivity contribution in [1.82, 2.24) is 15.2 Å². The van der Waals surface area contributed by atoms with Gasteiger partial charge in [0, 0.05) is 42.1 Å². The van der Waals surface area contributed by atoms with Crippen molar-refractivity contribution < 1.29 is 9.90 Å². The van der Waals surface area contributed by atoms with Gasteiger partial charge < -0.3 is 20.3 Å². The highest BCUT2D eigenvalue weighted by Gasteiger charge is 2.24. The number of carbonyl (C=O) groups excluding carboxylic acids is 1. The number of benzene rings is 1. The summed E-state index contributed by atoms with van der Waals surface area (Å²) in [4.78, 5) is 13.1. The van der Waals surface area contributed by atoms with Crippen LogP contribution in [-0.4, -0.2) is 33.3 Å². The number of amides is 1. The molecule has 34 heavy (non-hydrogen) atoms. The van der Waals surface area contributed by atoms with Crippen molar-refractivity contribution in [2.45, 2.75) is 105 Å². The number of nitrogens with zero attached hydrogens (tertiary/aromatic N) is 1. The summed E-state index contributed by atoms with van der Waals surface area (Å²) in [6, 6.07) is 8.71. The molecule has 1 heterocycles. The molecule has 1 aromatic heterocycles. The molecule has 0 saturated heterocycles. The van der Waals surface area contributed by atoms with E-state index < -0.39 is 5.60 Å². The van der Waals surface area contributed by atoms with E-state index in [-0.39, 0.29) is 18.0 Å². The van der Waals surface area contributed by atoms with Crippen LogP contribution in [0.15, 0.2) is 24.3 Å². The number of hydrogen-bond donors (Lipinski definition) is 3. The van der Waals surface area contributed by atoms with Crippen LogP contribution in [0.2, 0.25) is 0 Å². The molecule has 0 unspecified atom stereocenters. The Labute approximate surface area is 206 Å². The van der Waals surface area contributed by atoms with E-state index in [0.717, 1.165) is 24.5 Å². The average Bonchev–Trinajstić information content (AvgIpc) is 3.06. The largest absolute Gasteiger partial charge is 0.389 e. The summed E-state index contributed by atoms with van der Waals surface area (Å²) in [6.07, 6.45) is 6.45. The number of aromatic nitrogens is 1. The number of aryl methyl sites for hydroxylation is 1. The minimum absolute atomic E-state index is 0.0732. The monoisotopic (exact) mass is 467 g/mol. The average molecular weight is 468 g/mol. The van der Waals surface area contributed by atoms with Gasteiger partial charge in [-0.25, -0.2) is 0 Å². The number of nitrogens with one attached hydrogen (secondary N) is 2. The molecule has 2 aromatic rings. The van der Waals surface area contributed by atoms with Gasteiger partial charge in [0.05, 0.1) is 11.2 Å². The lowest BCUT2D eigenvalue weighted by Gasteiger charge is -2.25. The number of rotatable bonds is 8. The van der Waals surface area contributed by atoms with E-state index in [9.17, 15) is 9.90 Å². The molecule has 5 heteroatoms. The second-order valence-electron chi connectivity index (χ2n) is 11.9. The molecule has 0 aliphatic heterocycles. The molecule has 188 valence electrons. The van der Waals surface area contributed by atoms with E-state index >= 15 is 0 Å². The van der Waals surface area contributed by atoms with Crippen LogP contribution in [0.5, 0.6) is 0 Å². The van der Waals surface area contributed by atoms with E-state index in [1.165, 1.54) is 48.8 Å². The molecule has 1 aromatic carbocycles. The van der Waals surface area contributed by atoms with Crippen LogP contribution in [0, 0.1) is 19.8 Å². The van der Waals surface area contributed by atoms with Gasteiger partial charge in [-0.15, -0.1) is 0 Å². The first-order valence-electron chi connectivity index (χ1n) is 12.9. The smallest absolute Gasteiger partial charge is 0.253 e. The summed E-state index contributed by atoms with van der Waals surface area (Å²) in [5.74, 6) is 0.536. The maximum atomic E-state index is 13.1. The first kappa shape index (κ1) is 26.5. The van der Waals surface area contributed by atoms with E-state index in [1.54, 1.807) is 13.8 Å². The van der Waals surface area contributed by atoms with Gasteiger partial charge in [-0.05, 0) is 84.4 Å². The topological polar surface area (TPSA) is 66.3 Å². The zero-order valence-electron chi connectivity index (χ0n) is 22.3. The Balaban J connectivity index is 1.94. The first-order chi connectivity index (χ1) is 15.8. The van der Waals surface area contributed by atoms with Gasteiger partial charge >= 0.3 is 0 Å². The molecule has 1 aliphatic carbocycles. The molecule has 1 saturated carbocycles. The van der Waals surface area contributed by atoms with Crippen LogP contribution in [0.25, 0.3) is 11.3 Å². The minimum Gasteiger partial charge on any atom is -0.389 e. The molecule has 3 rings (SSSR count). The highest BCUT2D eigenvalue weighted by atomic mass is 16.3. The highest BCUT2D eigenvalue weighted by Crippen LogP contribution is 2.33. The standard InChI is InChI=1S/C29H45N3O2/c1-20-15-23(17-31-28(3,4)5)13-14-24(20)26-16-25(27(33)30-19-29(6,7)34)21(2)32(26)18-22-11-9-8-10-12-22/h13-16,22,31,34H,8-12,17-19H2,1-7H3,(H,30,33). The van der Waals surface area contributed by atoms with Crippen molar-refractivity contribution in [1.29, 1.82) is 0 Å². The lowest BCUT2D eigenvalue weighted by molar-refractivity contribution is 0.0694. The Morgan fingerprint density at radius 1 is 1.06 bits per heavy atom. The number of aliphatic hydroxyl groups is 1. The minimum atomic E-state index is -0.940. The second kappa shape index (κ2) is 10.7. The fourth-order valence-electron chi connectivity index (χ4n) is 4.84. The molecule has 0 radical (unpaired) electrons. The van der Waals surface area contributed by atoms with Crippen LogP contribution in [0.1, 0.15) is 93.9 Å². The van der Waals surface area contributed by atoms with Crippen molar-refractivity contribution in [2.24, 2.45) is 5.92 Å². The van der Waals surface area contributed by atoms with Crippen molar-refractivity contribution >= 4 is 5.91 Å². The number of carbonyl (C=O) groups is 1. The third-order valence-electron chi connectivity index (χ3n) is 6.85. The molecule has 0 atom stereocenters. The summed E-state index contributed by atoms with van der Waals surface area (Å²) in [5, 5.41) is 16.6. The molecule has 1 aliphatic rings. The molecule has 1 amide bonds. The normalized spacial score (nSPS) is 15.5. The zero-order valence-corrected chi connectivity index (χ0v) is 22.3. The third-order valence-corrected chi connectivity index (χ3v) is 6.85. The first-order valence-corrected chi connectivity index (χ1v) is 12.9. The molecule has 0 spiro atoms. The van der Waals surface area contributed by atoms with E-state index in [2.05, 4.69) is 68.0 Å². The van der Waals surface area contributed by atoms with E-state index in [4.69, 9.17) is 0 Å². The number of hydrogen-bond acceptors (Lipinski definition) is 3. The third kappa shape index (κ3) is 7.19. The van der Waals surface area contributed by atoms with Crippen molar-refractivity contribution in [2.75, 3.05) is 6.54 Å². The maximum absolute atomic E-state index is 13.1. The quantitative estimate of drug-likeness (QED) is 0.464. The Morgan fingerprint density at radius 2 is 1.74 bits per heavy atom. The predicted molar refractivity (Wildman–Crippen MR) is 141 cm³/mol. The van der Waals surface area contributed by atoms with Crippen molar-refractivity contribution in [3.63, 3.8) is 0 Å². The summed E-state index contributed by atoms with van der Waals surface area (Å²) < 4.78 is 2.37. The van der Waals surface area contributed by atoms with Gasteiger partial charge in [0.25, 0.3) is 5.91 Å². The summed E-state index contributed by atoms with van der Waals surface area (Å²) in [7, 11) is 0. The van der Waals surface area contributed by atoms with Gasteiger partial charge in [0.2, 0.25) is 0 Å². The van der Waals surface area contributed by atoms with Crippen LogP contribution in [0.3, 0.4) is 0 Å². The van der Waals surface area contributed by atoms with Gasteiger partial charge in [-0.3, -0.25) is 4.79 Å².